The van der Waals surface area contributed by atoms with E-state index in [4.69, 9.17) is 0 Å². The van der Waals surface area contributed by atoms with Crippen molar-refractivity contribution in [2.75, 3.05) is 17.6 Å². The summed E-state index contributed by atoms with van der Waals surface area (Å²) in [6, 6.07) is 7.96. The van der Waals surface area contributed by atoms with Crippen LogP contribution in [0.15, 0.2) is 24.3 Å². The van der Waals surface area contributed by atoms with E-state index in [9.17, 15) is 0 Å². The summed E-state index contributed by atoms with van der Waals surface area (Å²) < 4.78 is 0. The maximum atomic E-state index is 4.35. The average molecular weight is 193 g/mol. The molecule has 3 nitrogen and oxygen atoms in total. The number of nitrogens with one attached hydrogen (secondary N) is 2. The lowest BCUT2D eigenvalue weighted by atomic mass is 10.3. The van der Waals surface area contributed by atoms with Gasteiger partial charge in [-0.2, -0.15) is 12.6 Å². The minimum absolute atomic E-state index is 0.803. The molecular formula is C9H11N3S. The van der Waals surface area contributed by atoms with Crippen molar-refractivity contribution in [2.24, 2.45) is 0 Å². The Kier molecular flexibility index (Phi) is 2.40. The fourth-order valence-corrected chi connectivity index (χ4v) is 1.32. The third kappa shape index (κ3) is 1.78. The van der Waals surface area contributed by atoms with Crippen molar-refractivity contribution in [2.45, 2.75) is 0 Å². The van der Waals surface area contributed by atoms with E-state index >= 15 is 0 Å². The first-order valence-corrected chi connectivity index (χ1v) is 4.83. The molecule has 0 unspecified atom stereocenters. The quantitative estimate of drug-likeness (QED) is 0.652. The second kappa shape index (κ2) is 3.70. The highest BCUT2D eigenvalue weighted by atomic mass is 32.1. The van der Waals surface area contributed by atoms with Crippen molar-refractivity contribution in [3.63, 3.8) is 0 Å². The van der Waals surface area contributed by atoms with Gasteiger partial charge in [-0.25, -0.2) is 4.98 Å². The van der Waals surface area contributed by atoms with Crippen molar-refractivity contribution in [1.29, 1.82) is 0 Å². The van der Waals surface area contributed by atoms with Gasteiger partial charge in [0.2, 0.25) is 5.95 Å². The first-order chi connectivity index (χ1) is 6.40. The number of anilines is 1. The Labute approximate surface area is 82.0 Å². The lowest BCUT2D eigenvalue weighted by Crippen LogP contribution is -2.03. The highest BCUT2D eigenvalue weighted by molar-refractivity contribution is 7.80. The monoisotopic (exact) mass is 193 g/mol. The Morgan fingerprint density at radius 3 is 3.00 bits per heavy atom. The van der Waals surface area contributed by atoms with Crippen LogP contribution in [-0.4, -0.2) is 22.3 Å². The smallest absolute Gasteiger partial charge is 0.201 e. The maximum Gasteiger partial charge on any atom is 0.201 e. The molecule has 4 heteroatoms. The van der Waals surface area contributed by atoms with Crippen LogP contribution in [0.1, 0.15) is 0 Å². The van der Waals surface area contributed by atoms with Crippen LogP contribution in [0.25, 0.3) is 11.0 Å². The third-order valence-electron chi connectivity index (χ3n) is 1.79. The van der Waals surface area contributed by atoms with Gasteiger partial charge in [-0.3, -0.25) is 0 Å². The number of para-hydroxylation sites is 2. The fraction of sp³-hybridized carbons (Fsp3) is 0.222. The predicted molar refractivity (Wildman–Crippen MR) is 58.4 cm³/mol. The zero-order valence-electron chi connectivity index (χ0n) is 7.12. The van der Waals surface area contributed by atoms with Gasteiger partial charge in [0.25, 0.3) is 0 Å². The first kappa shape index (κ1) is 8.44. The van der Waals surface area contributed by atoms with Gasteiger partial charge in [-0.05, 0) is 12.1 Å². The van der Waals surface area contributed by atoms with Crippen molar-refractivity contribution < 1.29 is 0 Å². The Balaban J connectivity index is 2.28. The summed E-state index contributed by atoms with van der Waals surface area (Å²) in [5.41, 5.74) is 2.05. The number of imidazole rings is 1. The van der Waals surface area contributed by atoms with E-state index in [1.807, 2.05) is 24.3 Å². The molecule has 2 N–H and O–H groups in total. The molecule has 13 heavy (non-hydrogen) atoms. The summed E-state index contributed by atoms with van der Waals surface area (Å²) in [4.78, 5) is 7.52. The van der Waals surface area contributed by atoms with E-state index in [-0.39, 0.29) is 0 Å². The molecule has 1 heterocycles. The van der Waals surface area contributed by atoms with E-state index in [1.165, 1.54) is 0 Å². The molecule has 1 aromatic carbocycles. The van der Waals surface area contributed by atoms with Crippen molar-refractivity contribution in [3.8, 4) is 0 Å². The van der Waals surface area contributed by atoms with Gasteiger partial charge in [0.05, 0.1) is 11.0 Å². The summed E-state index contributed by atoms with van der Waals surface area (Å²) in [7, 11) is 0. The van der Waals surface area contributed by atoms with Crippen LogP contribution in [-0.2, 0) is 0 Å². The molecule has 0 spiro atoms. The first-order valence-electron chi connectivity index (χ1n) is 4.19. The predicted octanol–water partition coefficient (Wildman–Crippen LogP) is 1.90. The molecule has 0 saturated heterocycles. The molecule has 0 fully saturated rings. The largest absolute Gasteiger partial charge is 0.355 e. The van der Waals surface area contributed by atoms with Gasteiger partial charge in [-0.1, -0.05) is 12.1 Å². The summed E-state index contributed by atoms with van der Waals surface area (Å²) in [5, 5.41) is 3.14. The van der Waals surface area contributed by atoms with Gasteiger partial charge in [0.1, 0.15) is 0 Å². The van der Waals surface area contributed by atoms with Crippen LogP contribution < -0.4 is 5.32 Å². The topological polar surface area (TPSA) is 40.7 Å². The zero-order chi connectivity index (χ0) is 9.10. The summed E-state index contributed by atoms with van der Waals surface area (Å²) in [6.45, 7) is 0.822. The van der Waals surface area contributed by atoms with Crippen LogP contribution in [0.2, 0.25) is 0 Å². The van der Waals surface area contributed by atoms with E-state index in [2.05, 4.69) is 27.9 Å². The van der Waals surface area contributed by atoms with Gasteiger partial charge in [0, 0.05) is 12.3 Å². The molecular weight excluding hydrogens is 182 g/mol. The number of H-pyrrole nitrogens is 1. The number of hydrogen-bond acceptors (Lipinski definition) is 3. The fourth-order valence-electron chi connectivity index (χ4n) is 1.21. The number of hydrogen-bond donors (Lipinski definition) is 3. The van der Waals surface area contributed by atoms with E-state index < -0.39 is 0 Å². The molecule has 0 atom stereocenters. The second-order valence-electron chi connectivity index (χ2n) is 2.75. The van der Waals surface area contributed by atoms with Crippen LogP contribution in [0, 0.1) is 0 Å². The molecule has 68 valence electrons. The van der Waals surface area contributed by atoms with Crippen LogP contribution in [0.3, 0.4) is 0 Å². The van der Waals surface area contributed by atoms with E-state index in [0.29, 0.717) is 0 Å². The number of aromatic nitrogens is 2. The molecule has 0 saturated carbocycles. The number of nitrogens with zero attached hydrogens (tertiary/aromatic N) is 1. The lowest BCUT2D eigenvalue weighted by Gasteiger charge is -1.96. The van der Waals surface area contributed by atoms with Gasteiger partial charge >= 0.3 is 0 Å². The minimum atomic E-state index is 0.803. The molecule has 0 aliphatic carbocycles. The van der Waals surface area contributed by atoms with Gasteiger partial charge in [0.15, 0.2) is 0 Å². The molecule has 2 rings (SSSR count). The highest BCUT2D eigenvalue weighted by Gasteiger charge is 1.98. The average Bonchev–Trinajstić information content (AvgIpc) is 2.57. The SMILES string of the molecule is SCCNc1nc2ccccc2[nH]1. The van der Waals surface area contributed by atoms with Crippen LogP contribution in [0.4, 0.5) is 5.95 Å². The summed E-state index contributed by atoms with van der Waals surface area (Å²) in [6.07, 6.45) is 0. The minimum Gasteiger partial charge on any atom is -0.355 e. The third-order valence-corrected chi connectivity index (χ3v) is 2.02. The van der Waals surface area contributed by atoms with Crippen molar-refractivity contribution in [3.05, 3.63) is 24.3 Å². The van der Waals surface area contributed by atoms with Gasteiger partial charge < -0.3 is 10.3 Å². The number of benzene rings is 1. The van der Waals surface area contributed by atoms with Gasteiger partial charge in [-0.15, -0.1) is 0 Å². The number of aromatic amines is 1. The second-order valence-corrected chi connectivity index (χ2v) is 3.20. The highest BCUT2D eigenvalue weighted by Crippen LogP contribution is 2.12. The Hall–Kier alpha value is -1.16. The zero-order valence-corrected chi connectivity index (χ0v) is 8.01. The van der Waals surface area contributed by atoms with E-state index in [1.54, 1.807) is 0 Å². The Bertz CT molecular complexity index is 363. The maximum absolute atomic E-state index is 4.35. The molecule has 0 bridgehead atoms. The number of fused-ring (bicyclic) bond motifs is 1. The molecule has 0 aliphatic rings. The number of thiol groups is 1. The molecule has 1 aromatic heterocycles. The molecule has 0 amide bonds. The van der Waals surface area contributed by atoms with Crippen molar-refractivity contribution >= 4 is 29.6 Å². The number of rotatable bonds is 3. The summed E-state index contributed by atoms with van der Waals surface area (Å²) >= 11 is 4.11. The van der Waals surface area contributed by atoms with Crippen LogP contribution in [0.5, 0.6) is 0 Å². The Morgan fingerprint density at radius 1 is 1.38 bits per heavy atom. The normalized spacial score (nSPS) is 10.5. The lowest BCUT2D eigenvalue weighted by molar-refractivity contribution is 1.16. The molecule has 2 aromatic rings. The van der Waals surface area contributed by atoms with E-state index in [0.717, 1.165) is 29.3 Å². The standard InChI is InChI=1S/C9H11N3S/c13-6-5-10-9-11-7-3-1-2-4-8(7)12-9/h1-4,13H,5-6H2,(H2,10,11,12). The Morgan fingerprint density at radius 2 is 2.23 bits per heavy atom. The van der Waals surface area contributed by atoms with Crippen LogP contribution >= 0.6 is 12.6 Å². The summed E-state index contributed by atoms with van der Waals surface area (Å²) in [5.74, 6) is 1.62. The van der Waals surface area contributed by atoms with Crippen molar-refractivity contribution in [1.82, 2.24) is 9.97 Å². The molecule has 0 radical (unpaired) electrons. The molecule has 0 aliphatic heterocycles.